The van der Waals surface area contributed by atoms with Crippen LogP contribution in [0.2, 0.25) is 0 Å². The molecule has 4 N–H and O–H groups in total. The molecule has 0 saturated carbocycles. The SMILES string of the molecule is CN/C=C(\C(=N)NCc1ccncc1)c1cnc2ccc(Nc3cc(C(C)C)cnn3)nc2c1. The molecule has 4 aromatic heterocycles. The van der Waals surface area contributed by atoms with E-state index in [0.29, 0.717) is 35.2 Å². The minimum atomic E-state index is 0.280. The largest absolute Gasteiger partial charge is 0.393 e. The molecule has 0 radical (unpaired) electrons. The zero-order chi connectivity index (χ0) is 23.9. The minimum Gasteiger partial charge on any atom is -0.393 e. The van der Waals surface area contributed by atoms with Gasteiger partial charge in [-0.25, -0.2) is 4.98 Å². The maximum atomic E-state index is 8.58. The summed E-state index contributed by atoms with van der Waals surface area (Å²) in [5, 5.41) is 26.2. The van der Waals surface area contributed by atoms with Gasteiger partial charge in [-0.15, -0.1) is 5.10 Å². The van der Waals surface area contributed by atoms with Gasteiger partial charge in [-0.1, -0.05) is 13.8 Å². The van der Waals surface area contributed by atoms with E-state index >= 15 is 0 Å². The highest BCUT2D eigenvalue weighted by Gasteiger charge is 2.11. The zero-order valence-electron chi connectivity index (χ0n) is 19.4. The molecule has 172 valence electrons. The van der Waals surface area contributed by atoms with Crippen molar-refractivity contribution in [1.29, 1.82) is 5.41 Å². The second kappa shape index (κ2) is 10.5. The molecule has 0 aliphatic rings. The van der Waals surface area contributed by atoms with Gasteiger partial charge in [0.1, 0.15) is 11.7 Å². The molecule has 4 rings (SSSR count). The Morgan fingerprint density at radius 1 is 1.03 bits per heavy atom. The standard InChI is InChI=1S/C25H27N9/c1-16(2)18-11-24(34-31-14-18)33-23-5-4-21-22(32-23)10-19(13-29-21)20(15-27-3)25(26)30-12-17-6-8-28-9-7-17/h4-11,13-16,27H,12H2,1-3H3,(H2,26,30)(H,32,33,34)/b20-15-. The molecule has 0 aromatic carbocycles. The van der Waals surface area contributed by atoms with Crippen molar-refractivity contribution in [2.24, 2.45) is 0 Å². The summed E-state index contributed by atoms with van der Waals surface area (Å²) < 4.78 is 0. The maximum Gasteiger partial charge on any atom is 0.154 e. The third-order valence-corrected chi connectivity index (χ3v) is 5.22. The summed E-state index contributed by atoms with van der Waals surface area (Å²) in [5.41, 5.74) is 5.07. The highest BCUT2D eigenvalue weighted by atomic mass is 15.2. The number of nitrogens with one attached hydrogen (secondary N) is 4. The summed E-state index contributed by atoms with van der Waals surface area (Å²) in [6.45, 7) is 4.75. The highest BCUT2D eigenvalue weighted by molar-refractivity contribution is 6.21. The average molecular weight is 454 g/mol. The maximum absolute atomic E-state index is 8.58. The van der Waals surface area contributed by atoms with Gasteiger partial charge in [0.25, 0.3) is 0 Å². The smallest absolute Gasteiger partial charge is 0.154 e. The van der Waals surface area contributed by atoms with Crippen molar-refractivity contribution >= 4 is 34.1 Å². The number of amidine groups is 1. The van der Waals surface area contributed by atoms with E-state index < -0.39 is 0 Å². The summed E-state index contributed by atoms with van der Waals surface area (Å²) in [7, 11) is 1.80. The summed E-state index contributed by atoms with van der Waals surface area (Å²) in [4.78, 5) is 13.3. The number of fused-ring (bicyclic) bond motifs is 1. The first-order valence-electron chi connectivity index (χ1n) is 11.0. The first kappa shape index (κ1) is 22.8. The van der Waals surface area contributed by atoms with Crippen LogP contribution in [0.15, 0.2) is 67.4 Å². The van der Waals surface area contributed by atoms with Crippen molar-refractivity contribution in [3.8, 4) is 0 Å². The van der Waals surface area contributed by atoms with Crippen LogP contribution in [0, 0.1) is 5.41 Å². The number of hydrogen-bond acceptors (Lipinski definition) is 8. The molecule has 0 fully saturated rings. The van der Waals surface area contributed by atoms with Gasteiger partial charge in [0.15, 0.2) is 5.82 Å². The van der Waals surface area contributed by atoms with Crippen LogP contribution in [0.4, 0.5) is 11.6 Å². The monoisotopic (exact) mass is 453 g/mol. The van der Waals surface area contributed by atoms with E-state index in [4.69, 9.17) is 10.4 Å². The van der Waals surface area contributed by atoms with E-state index in [1.807, 2.05) is 36.4 Å². The van der Waals surface area contributed by atoms with Crippen LogP contribution >= 0.6 is 0 Å². The summed E-state index contributed by atoms with van der Waals surface area (Å²) in [6.07, 6.45) is 8.77. The minimum absolute atomic E-state index is 0.280. The first-order chi connectivity index (χ1) is 16.5. The van der Waals surface area contributed by atoms with E-state index in [-0.39, 0.29) is 5.84 Å². The molecular formula is C25H27N9. The third kappa shape index (κ3) is 5.50. The van der Waals surface area contributed by atoms with Crippen LogP contribution in [0.1, 0.15) is 36.5 Å². The van der Waals surface area contributed by atoms with Gasteiger partial charge in [0.05, 0.1) is 17.2 Å². The molecule has 0 amide bonds. The molecule has 0 aliphatic carbocycles. The molecule has 4 heterocycles. The van der Waals surface area contributed by atoms with Crippen molar-refractivity contribution in [2.45, 2.75) is 26.3 Å². The summed E-state index contributed by atoms with van der Waals surface area (Å²) in [5.74, 6) is 1.92. The number of anilines is 2. The number of rotatable bonds is 8. The Kier molecular flexibility index (Phi) is 7.02. The van der Waals surface area contributed by atoms with Gasteiger partial charge in [-0.3, -0.25) is 15.4 Å². The highest BCUT2D eigenvalue weighted by Crippen LogP contribution is 2.22. The van der Waals surface area contributed by atoms with E-state index in [9.17, 15) is 0 Å². The van der Waals surface area contributed by atoms with Gasteiger partial charge in [0, 0.05) is 49.5 Å². The molecule has 0 aliphatic heterocycles. The Balaban J connectivity index is 1.57. The molecule has 34 heavy (non-hydrogen) atoms. The number of nitrogens with zero attached hydrogens (tertiary/aromatic N) is 5. The van der Waals surface area contributed by atoms with Gasteiger partial charge in [0.2, 0.25) is 0 Å². The van der Waals surface area contributed by atoms with Crippen molar-refractivity contribution in [2.75, 3.05) is 12.4 Å². The van der Waals surface area contributed by atoms with Crippen LogP contribution in [-0.2, 0) is 6.54 Å². The van der Waals surface area contributed by atoms with Gasteiger partial charge < -0.3 is 16.0 Å². The number of aromatic nitrogens is 5. The fourth-order valence-corrected chi connectivity index (χ4v) is 3.34. The lowest BCUT2D eigenvalue weighted by atomic mass is 10.1. The molecule has 0 spiro atoms. The Morgan fingerprint density at radius 2 is 1.85 bits per heavy atom. The molecular weight excluding hydrogens is 426 g/mol. The molecule has 4 aromatic rings. The van der Waals surface area contributed by atoms with Crippen molar-refractivity contribution in [3.63, 3.8) is 0 Å². The second-order valence-electron chi connectivity index (χ2n) is 8.04. The average Bonchev–Trinajstić information content (AvgIpc) is 2.86. The Hall–Kier alpha value is -4.40. The van der Waals surface area contributed by atoms with Crippen LogP contribution in [-0.4, -0.2) is 38.0 Å². The van der Waals surface area contributed by atoms with E-state index in [1.165, 1.54) is 0 Å². The number of hydrogen-bond donors (Lipinski definition) is 4. The quantitative estimate of drug-likeness (QED) is 0.233. The van der Waals surface area contributed by atoms with Gasteiger partial charge in [-0.05, 0) is 53.4 Å². The van der Waals surface area contributed by atoms with Crippen molar-refractivity contribution in [3.05, 3.63) is 84.1 Å². The zero-order valence-corrected chi connectivity index (χ0v) is 19.4. The normalized spacial score (nSPS) is 11.5. The van der Waals surface area contributed by atoms with Crippen LogP contribution in [0.25, 0.3) is 16.6 Å². The Bertz CT molecular complexity index is 1320. The molecule has 9 heteroatoms. The lowest BCUT2D eigenvalue weighted by molar-refractivity contribution is 0.843. The lowest BCUT2D eigenvalue weighted by Crippen LogP contribution is -2.24. The fraction of sp³-hybridized carbons (Fsp3) is 0.200. The Labute approximate surface area is 198 Å². The predicted molar refractivity (Wildman–Crippen MR) is 135 cm³/mol. The predicted octanol–water partition coefficient (Wildman–Crippen LogP) is 4.01. The van der Waals surface area contributed by atoms with Crippen LogP contribution in [0.3, 0.4) is 0 Å². The first-order valence-corrected chi connectivity index (χ1v) is 11.0. The Morgan fingerprint density at radius 3 is 2.62 bits per heavy atom. The topological polar surface area (TPSA) is 124 Å². The molecule has 9 nitrogen and oxygen atoms in total. The van der Waals surface area contributed by atoms with Crippen molar-refractivity contribution in [1.82, 2.24) is 35.8 Å². The summed E-state index contributed by atoms with van der Waals surface area (Å²) >= 11 is 0. The van der Waals surface area contributed by atoms with Crippen molar-refractivity contribution < 1.29 is 0 Å². The molecule has 0 unspecified atom stereocenters. The third-order valence-electron chi connectivity index (χ3n) is 5.22. The van der Waals surface area contributed by atoms with E-state index in [1.54, 1.807) is 38.0 Å². The lowest BCUT2D eigenvalue weighted by Gasteiger charge is -2.13. The number of pyridine rings is 3. The molecule has 0 saturated heterocycles. The van der Waals surface area contributed by atoms with E-state index in [0.717, 1.165) is 22.2 Å². The van der Waals surface area contributed by atoms with Crippen LogP contribution < -0.4 is 16.0 Å². The van der Waals surface area contributed by atoms with Crippen LogP contribution in [0.5, 0.6) is 0 Å². The summed E-state index contributed by atoms with van der Waals surface area (Å²) in [6, 6.07) is 11.5. The second-order valence-corrected chi connectivity index (χ2v) is 8.04. The molecule has 0 atom stereocenters. The molecule has 0 bridgehead atoms. The van der Waals surface area contributed by atoms with Gasteiger partial charge >= 0.3 is 0 Å². The van der Waals surface area contributed by atoms with Gasteiger partial charge in [-0.2, -0.15) is 5.10 Å². The fourth-order valence-electron chi connectivity index (χ4n) is 3.34. The van der Waals surface area contributed by atoms with E-state index in [2.05, 4.69) is 50.0 Å².